The Labute approximate surface area is 212 Å². The Kier molecular flexibility index (Phi) is 7.16. The highest BCUT2D eigenvalue weighted by Gasteiger charge is 2.41. The number of hydrogen-bond donors (Lipinski definition) is 2. The maximum atomic E-state index is 13.9. The summed E-state index contributed by atoms with van der Waals surface area (Å²) in [6, 6.07) is 5.68. The molecule has 0 spiro atoms. The van der Waals surface area contributed by atoms with Gasteiger partial charge in [-0.25, -0.2) is 13.1 Å². The number of aliphatic hydroxyl groups is 1. The minimum absolute atomic E-state index is 0.0363. The van der Waals surface area contributed by atoms with Gasteiger partial charge in [-0.15, -0.1) is 0 Å². The Morgan fingerprint density at radius 2 is 1.72 bits per heavy atom. The van der Waals surface area contributed by atoms with Crippen LogP contribution in [0.1, 0.15) is 82.5 Å². The standard InChI is InChI=1S/C27H37F3N2O3S/c1-18-24(36(34,35)31-17-25(2,3)33)15-23(32(18)16-19-8-6-5-7-9-19)20-12-21(26(4)10-11-26)14-22(13-20)27(28,29)30/h12-15,19,31,33H,5-11,16-17H2,1-4H3. The highest BCUT2D eigenvalue weighted by atomic mass is 32.2. The Morgan fingerprint density at radius 3 is 2.28 bits per heavy atom. The lowest BCUT2D eigenvalue weighted by atomic mass is 9.89. The first-order valence-corrected chi connectivity index (χ1v) is 14.2. The number of benzene rings is 1. The van der Waals surface area contributed by atoms with Crippen molar-refractivity contribution in [2.24, 2.45) is 5.92 Å². The monoisotopic (exact) mass is 526 g/mol. The lowest BCUT2D eigenvalue weighted by Gasteiger charge is -2.25. The Bertz CT molecular complexity index is 1190. The van der Waals surface area contributed by atoms with Crippen molar-refractivity contribution < 1.29 is 26.7 Å². The molecule has 2 aliphatic rings. The molecule has 2 N–H and O–H groups in total. The summed E-state index contributed by atoms with van der Waals surface area (Å²) in [4.78, 5) is 0.0363. The molecule has 0 amide bonds. The number of sulfonamides is 1. The second kappa shape index (κ2) is 9.48. The molecule has 0 atom stereocenters. The van der Waals surface area contributed by atoms with Crippen molar-refractivity contribution in [2.45, 2.75) is 101 Å². The molecule has 0 saturated heterocycles. The van der Waals surface area contributed by atoms with Crippen LogP contribution in [0.5, 0.6) is 0 Å². The minimum atomic E-state index is -4.50. The van der Waals surface area contributed by atoms with Gasteiger partial charge in [0, 0.05) is 24.5 Å². The summed E-state index contributed by atoms with van der Waals surface area (Å²) < 4.78 is 72.5. The summed E-state index contributed by atoms with van der Waals surface area (Å²) in [5.41, 5.74) is -0.237. The number of rotatable bonds is 8. The first-order chi connectivity index (χ1) is 16.6. The topological polar surface area (TPSA) is 71.3 Å². The summed E-state index contributed by atoms with van der Waals surface area (Å²) in [7, 11) is -3.99. The van der Waals surface area contributed by atoms with Gasteiger partial charge in [0.15, 0.2) is 0 Å². The zero-order chi connectivity index (χ0) is 26.5. The van der Waals surface area contributed by atoms with Crippen LogP contribution in [0.4, 0.5) is 13.2 Å². The lowest BCUT2D eigenvalue weighted by molar-refractivity contribution is -0.137. The van der Waals surface area contributed by atoms with Crippen molar-refractivity contribution in [3.05, 3.63) is 41.1 Å². The second-order valence-electron chi connectivity index (χ2n) is 11.6. The van der Waals surface area contributed by atoms with Crippen LogP contribution in [0, 0.1) is 12.8 Å². The fourth-order valence-electron chi connectivity index (χ4n) is 5.11. The van der Waals surface area contributed by atoms with E-state index in [1.165, 1.54) is 32.4 Å². The van der Waals surface area contributed by atoms with Crippen molar-refractivity contribution >= 4 is 10.0 Å². The molecule has 5 nitrogen and oxygen atoms in total. The van der Waals surface area contributed by atoms with E-state index >= 15 is 0 Å². The van der Waals surface area contributed by atoms with Gasteiger partial charge >= 0.3 is 6.18 Å². The molecule has 0 bridgehead atoms. The van der Waals surface area contributed by atoms with Crippen molar-refractivity contribution in [1.82, 2.24) is 9.29 Å². The molecule has 1 aromatic carbocycles. The Morgan fingerprint density at radius 1 is 1.08 bits per heavy atom. The maximum Gasteiger partial charge on any atom is 0.416 e. The molecule has 0 aliphatic heterocycles. The highest BCUT2D eigenvalue weighted by molar-refractivity contribution is 7.89. The summed E-state index contributed by atoms with van der Waals surface area (Å²) in [6.45, 7) is 7.07. The summed E-state index contributed by atoms with van der Waals surface area (Å²) >= 11 is 0. The normalized spacial score (nSPS) is 19.0. The minimum Gasteiger partial charge on any atom is -0.389 e. The maximum absolute atomic E-state index is 13.9. The molecule has 36 heavy (non-hydrogen) atoms. The van der Waals surface area contributed by atoms with Crippen LogP contribution in [-0.2, 0) is 28.2 Å². The number of hydrogen-bond acceptors (Lipinski definition) is 3. The van der Waals surface area contributed by atoms with E-state index in [0.717, 1.165) is 44.6 Å². The third-order valence-electron chi connectivity index (χ3n) is 7.72. The first kappa shape index (κ1) is 27.2. The molecule has 0 radical (unpaired) electrons. The highest BCUT2D eigenvalue weighted by Crippen LogP contribution is 2.50. The fraction of sp³-hybridized carbons (Fsp3) is 0.630. The zero-order valence-electron chi connectivity index (χ0n) is 21.5. The smallest absolute Gasteiger partial charge is 0.389 e. The molecule has 2 saturated carbocycles. The van der Waals surface area contributed by atoms with Gasteiger partial charge in [-0.2, -0.15) is 13.2 Å². The molecule has 0 unspecified atom stereocenters. The summed E-state index contributed by atoms with van der Waals surface area (Å²) in [5, 5.41) is 10.0. The van der Waals surface area contributed by atoms with E-state index in [-0.39, 0.29) is 16.9 Å². The quantitative estimate of drug-likeness (QED) is 0.433. The summed E-state index contributed by atoms with van der Waals surface area (Å²) in [6.07, 6.45) is 2.56. The summed E-state index contributed by atoms with van der Waals surface area (Å²) in [5.74, 6) is 0.342. The van der Waals surface area contributed by atoms with Crippen LogP contribution in [0.15, 0.2) is 29.2 Å². The molecule has 2 fully saturated rings. The van der Waals surface area contributed by atoms with E-state index in [9.17, 15) is 26.7 Å². The van der Waals surface area contributed by atoms with Gasteiger partial charge < -0.3 is 9.67 Å². The second-order valence-corrected chi connectivity index (χ2v) is 13.3. The van der Waals surface area contributed by atoms with Crippen LogP contribution in [-0.4, -0.2) is 30.2 Å². The Balaban J connectivity index is 1.85. The van der Waals surface area contributed by atoms with E-state index in [1.807, 2.05) is 11.5 Å². The van der Waals surface area contributed by atoms with E-state index in [2.05, 4.69) is 4.72 Å². The molecule has 9 heteroatoms. The van der Waals surface area contributed by atoms with Crippen LogP contribution >= 0.6 is 0 Å². The molecule has 2 aromatic rings. The first-order valence-electron chi connectivity index (χ1n) is 12.7. The zero-order valence-corrected chi connectivity index (χ0v) is 22.3. The average Bonchev–Trinajstić information content (AvgIpc) is 3.46. The van der Waals surface area contributed by atoms with Crippen LogP contribution in [0.25, 0.3) is 11.3 Å². The van der Waals surface area contributed by atoms with Gasteiger partial charge in [0.25, 0.3) is 0 Å². The van der Waals surface area contributed by atoms with Crippen LogP contribution < -0.4 is 4.72 Å². The third kappa shape index (κ3) is 6.00. The number of halogens is 3. The molecule has 1 heterocycles. The predicted molar refractivity (Wildman–Crippen MR) is 134 cm³/mol. The van der Waals surface area contributed by atoms with E-state index in [4.69, 9.17) is 0 Å². The number of nitrogens with zero attached hydrogens (tertiary/aromatic N) is 1. The van der Waals surface area contributed by atoms with Crippen molar-refractivity contribution in [1.29, 1.82) is 0 Å². The molecular formula is C27H37F3N2O3S. The van der Waals surface area contributed by atoms with Gasteiger partial charge in [-0.1, -0.05) is 26.2 Å². The predicted octanol–water partition coefficient (Wildman–Crippen LogP) is 6.16. The van der Waals surface area contributed by atoms with Crippen molar-refractivity contribution in [2.75, 3.05) is 6.54 Å². The lowest BCUT2D eigenvalue weighted by Crippen LogP contribution is -2.38. The van der Waals surface area contributed by atoms with Gasteiger partial charge in [-0.3, -0.25) is 0 Å². The molecule has 200 valence electrons. The molecule has 1 aromatic heterocycles. The number of aromatic nitrogens is 1. The Hall–Kier alpha value is -1.84. The molecule has 4 rings (SSSR count). The van der Waals surface area contributed by atoms with Crippen LogP contribution in [0.2, 0.25) is 0 Å². The van der Waals surface area contributed by atoms with Crippen molar-refractivity contribution in [3.8, 4) is 11.3 Å². The van der Waals surface area contributed by atoms with E-state index in [1.54, 1.807) is 13.0 Å². The van der Waals surface area contributed by atoms with E-state index in [0.29, 0.717) is 35.0 Å². The fourth-order valence-corrected chi connectivity index (χ4v) is 6.57. The molecular weight excluding hydrogens is 489 g/mol. The van der Waals surface area contributed by atoms with Gasteiger partial charge in [0.05, 0.1) is 11.2 Å². The number of alkyl halides is 3. The number of nitrogens with one attached hydrogen (secondary N) is 1. The van der Waals surface area contributed by atoms with Gasteiger partial charge in [0.2, 0.25) is 10.0 Å². The van der Waals surface area contributed by atoms with Crippen LogP contribution in [0.3, 0.4) is 0 Å². The SMILES string of the molecule is Cc1c(S(=O)(=O)NCC(C)(C)O)cc(-c2cc(C(F)(F)F)cc(C3(C)CC3)c2)n1CC1CCCCC1. The largest absolute Gasteiger partial charge is 0.416 e. The van der Waals surface area contributed by atoms with E-state index < -0.39 is 27.4 Å². The van der Waals surface area contributed by atoms with Gasteiger partial charge in [0.1, 0.15) is 4.90 Å². The average molecular weight is 527 g/mol. The van der Waals surface area contributed by atoms with Gasteiger partial charge in [-0.05, 0) is 93.2 Å². The molecule has 2 aliphatic carbocycles. The van der Waals surface area contributed by atoms with Crippen molar-refractivity contribution in [3.63, 3.8) is 0 Å². The third-order valence-corrected chi connectivity index (χ3v) is 9.24.